The van der Waals surface area contributed by atoms with Gasteiger partial charge in [-0.3, -0.25) is 24.8 Å². The maximum Gasteiger partial charge on any atom is 0.243 e. The Morgan fingerprint density at radius 1 is 0.955 bits per heavy atom. The van der Waals surface area contributed by atoms with Crippen molar-refractivity contribution in [2.24, 2.45) is 27.9 Å². The Kier molecular flexibility index (Phi) is 9.99. The summed E-state index contributed by atoms with van der Waals surface area (Å²) in [5.74, 6) is -1.46. The van der Waals surface area contributed by atoms with Gasteiger partial charge in [0.1, 0.15) is 17.9 Å². The van der Waals surface area contributed by atoms with Gasteiger partial charge in [-0.05, 0) is 48.4 Å². The fraction of sp³-hybridized carbons (Fsp3) is 0.303. The number of carbonyl (C=O) groups excluding carboxylic acids is 3. The van der Waals surface area contributed by atoms with E-state index >= 15 is 0 Å². The van der Waals surface area contributed by atoms with E-state index in [2.05, 4.69) is 10.3 Å². The molecule has 1 heterocycles. The predicted octanol–water partition coefficient (Wildman–Crippen LogP) is 1.45. The van der Waals surface area contributed by atoms with Crippen molar-refractivity contribution in [2.45, 2.75) is 56.7 Å². The number of guanidine groups is 1. The maximum absolute atomic E-state index is 14.8. The first-order valence-electron chi connectivity index (χ1n) is 14.5. The number of rotatable bonds is 12. The fourth-order valence-corrected chi connectivity index (χ4v) is 5.66. The van der Waals surface area contributed by atoms with E-state index in [0.717, 1.165) is 22.3 Å². The fourth-order valence-electron chi connectivity index (χ4n) is 5.66. The van der Waals surface area contributed by atoms with Crippen LogP contribution in [0.3, 0.4) is 0 Å². The third-order valence-corrected chi connectivity index (χ3v) is 8.12. The number of primary amides is 1. The number of nitrogens with two attached hydrogens (primary N) is 4. The van der Waals surface area contributed by atoms with Crippen molar-refractivity contribution in [3.63, 3.8) is 0 Å². The molecule has 11 nitrogen and oxygen atoms in total. The second kappa shape index (κ2) is 13.9. The van der Waals surface area contributed by atoms with Crippen LogP contribution in [0.1, 0.15) is 47.6 Å². The van der Waals surface area contributed by atoms with E-state index in [-0.39, 0.29) is 43.6 Å². The minimum Gasteiger partial charge on any atom is -0.384 e. The highest BCUT2D eigenvalue weighted by atomic mass is 16.2. The molecule has 0 aromatic heterocycles. The summed E-state index contributed by atoms with van der Waals surface area (Å²) >= 11 is 0. The lowest BCUT2D eigenvalue weighted by Crippen LogP contribution is -2.59. The van der Waals surface area contributed by atoms with Crippen LogP contribution in [-0.4, -0.2) is 53.0 Å². The number of nitrogen functional groups attached to an aromatic ring is 1. The molecule has 0 radical (unpaired) electrons. The summed E-state index contributed by atoms with van der Waals surface area (Å²) in [5, 5.41) is 10.5. The lowest BCUT2D eigenvalue weighted by Gasteiger charge is -2.42. The number of nitrogens with zero attached hydrogens (tertiary/aromatic N) is 2. The number of aliphatic imine (C=N–C) groups is 1. The van der Waals surface area contributed by atoms with Crippen LogP contribution in [0.2, 0.25) is 0 Å². The van der Waals surface area contributed by atoms with E-state index in [0.29, 0.717) is 18.4 Å². The van der Waals surface area contributed by atoms with Gasteiger partial charge < -0.3 is 33.2 Å². The molecule has 0 saturated heterocycles. The summed E-state index contributed by atoms with van der Waals surface area (Å²) < 4.78 is 0. The molecule has 3 atom stereocenters. The first kappa shape index (κ1) is 31.7. The van der Waals surface area contributed by atoms with Gasteiger partial charge in [-0.2, -0.15) is 0 Å². The molecule has 3 aromatic carbocycles. The number of amides is 3. The average molecular weight is 597 g/mol. The lowest BCUT2D eigenvalue weighted by atomic mass is 9.75. The molecule has 11 heteroatoms. The molecule has 0 saturated carbocycles. The molecule has 0 bridgehead atoms. The molecule has 0 spiro atoms. The van der Waals surface area contributed by atoms with Gasteiger partial charge in [0.2, 0.25) is 17.7 Å². The van der Waals surface area contributed by atoms with Crippen molar-refractivity contribution in [1.29, 1.82) is 5.41 Å². The second-order valence-corrected chi connectivity index (χ2v) is 11.3. The number of carbonyl (C=O) groups is 3. The molecule has 1 aliphatic rings. The minimum atomic E-state index is -1.05. The normalized spacial score (nSPS) is 16.1. The molecular weight excluding hydrogens is 556 g/mol. The Morgan fingerprint density at radius 3 is 2.20 bits per heavy atom. The first-order valence-corrected chi connectivity index (χ1v) is 14.5. The highest BCUT2D eigenvalue weighted by Gasteiger charge is 2.44. The molecule has 230 valence electrons. The van der Waals surface area contributed by atoms with Crippen LogP contribution in [0.15, 0.2) is 83.9 Å². The Morgan fingerprint density at radius 2 is 1.59 bits per heavy atom. The SMILES string of the molecule is CC(Cc1ccc(C(=N)N)cc1)(C(=O)N1Cc2ccccc2C[C@H]1C(=O)N[C@@H](CCCN=C(N)N)C(N)=O)c1ccccc1. The number of hydrogen-bond acceptors (Lipinski definition) is 5. The zero-order chi connectivity index (χ0) is 31.9. The zero-order valence-electron chi connectivity index (χ0n) is 24.8. The van der Waals surface area contributed by atoms with Crippen LogP contribution in [-0.2, 0) is 39.2 Å². The van der Waals surface area contributed by atoms with Crippen molar-refractivity contribution in [3.8, 4) is 0 Å². The van der Waals surface area contributed by atoms with E-state index < -0.39 is 29.3 Å². The number of hydrogen-bond donors (Lipinski definition) is 6. The van der Waals surface area contributed by atoms with E-state index in [1.807, 2.05) is 73.7 Å². The monoisotopic (exact) mass is 596 g/mol. The molecule has 44 heavy (non-hydrogen) atoms. The maximum atomic E-state index is 14.8. The number of nitrogens with one attached hydrogen (secondary N) is 2. The Hall–Kier alpha value is -5.19. The average Bonchev–Trinajstić information content (AvgIpc) is 3.01. The topological polar surface area (TPSA) is 207 Å². The summed E-state index contributed by atoms with van der Waals surface area (Å²) in [6.07, 6.45) is 1.30. The third-order valence-electron chi connectivity index (χ3n) is 8.12. The number of benzene rings is 3. The predicted molar refractivity (Wildman–Crippen MR) is 170 cm³/mol. The number of amidine groups is 1. The molecule has 3 amide bonds. The van der Waals surface area contributed by atoms with E-state index in [1.165, 1.54) is 0 Å². The van der Waals surface area contributed by atoms with Gasteiger partial charge in [0.25, 0.3) is 0 Å². The van der Waals surface area contributed by atoms with Gasteiger partial charge in [-0.15, -0.1) is 0 Å². The van der Waals surface area contributed by atoms with Gasteiger partial charge in [-0.25, -0.2) is 0 Å². The molecule has 0 aliphatic carbocycles. The van der Waals surface area contributed by atoms with Gasteiger partial charge in [0, 0.05) is 25.1 Å². The Bertz CT molecular complexity index is 1540. The Balaban J connectivity index is 1.68. The van der Waals surface area contributed by atoms with Crippen molar-refractivity contribution >= 4 is 29.5 Å². The van der Waals surface area contributed by atoms with E-state index in [1.54, 1.807) is 17.0 Å². The van der Waals surface area contributed by atoms with Gasteiger partial charge >= 0.3 is 0 Å². The van der Waals surface area contributed by atoms with E-state index in [4.69, 9.17) is 28.3 Å². The van der Waals surface area contributed by atoms with Crippen LogP contribution in [0.5, 0.6) is 0 Å². The highest BCUT2D eigenvalue weighted by Crippen LogP contribution is 2.34. The van der Waals surface area contributed by atoms with Gasteiger partial charge in [0.05, 0.1) is 5.41 Å². The standard InChI is InChI=1S/C33H40N8O3/c1-33(25-10-3-2-4-11-25,19-21-13-15-22(16-14-21)28(34)35)31(44)41-20-24-9-6-5-8-23(24)18-27(41)30(43)40-26(29(36)42)12-7-17-39-32(37)38/h2-6,8-11,13-16,26-27H,7,12,17-20H2,1H3,(H3,34,35)(H2,36,42)(H,40,43)(H4,37,38,39)/t26-,27-,33?/m0/s1. The summed E-state index contributed by atoms with van der Waals surface area (Å²) in [4.78, 5) is 46.5. The summed E-state index contributed by atoms with van der Waals surface area (Å²) in [6.45, 7) is 2.39. The molecule has 1 aliphatic heterocycles. The third kappa shape index (κ3) is 7.41. The second-order valence-electron chi connectivity index (χ2n) is 11.3. The van der Waals surface area contributed by atoms with Crippen molar-refractivity contribution < 1.29 is 14.4 Å². The van der Waals surface area contributed by atoms with Gasteiger partial charge in [0.15, 0.2) is 5.96 Å². The molecule has 0 fully saturated rings. The largest absolute Gasteiger partial charge is 0.384 e. The minimum absolute atomic E-state index is 0.0372. The molecular formula is C33H40N8O3. The molecule has 3 aromatic rings. The van der Waals surface area contributed by atoms with Crippen LogP contribution in [0.4, 0.5) is 0 Å². The molecule has 4 rings (SSSR count). The van der Waals surface area contributed by atoms with Gasteiger partial charge in [-0.1, -0.05) is 78.9 Å². The number of fused-ring (bicyclic) bond motifs is 1. The Labute approximate surface area is 257 Å². The quantitative estimate of drug-likeness (QED) is 0.104. The summed E-state index contributed by atoms with van der Waals surface area (Å²) in [7, 11) is 0. The smallest absolute Gasteiger partial charge is 0.243 e. The molecule has 10 N–H and O–H groups in total. The van der Waals surface area contributed by atoms with Crippen molar-refractivity contribution in [1.82, 2.24) is 10.2 Å². The van der Waals surface area contributed by atoms with Crippen LogP contribution < -0.4 is 28.3 Å². The molecule has 1 unspecified atom stereocenters. The zero-order valence-corrected chi connectivity index (χ0v) is 24.8. The van der Waals surface area contributed by atoms with Crippen LogP contribution in [0.25, 0.3) is 0 Å². The van der Waals surface area contributed by atoms with Crippen LogP contribution in [0, 0.1) is 5.41 Å². The van der Waals surface area contributed by atoms with E-state index in [9.17, 15) is 14.4 Å². The van der Waals surface area contributed by atoms with Crippen molar-refractivity contribution in [2.75, 3.05) is 6.54 Å². The summed E-state index contributed by atoms with van der Waals surface area (Å²) in [6, 6.07) is 22.6. The van der Waals surface area contributed by atoms with Crippen molar-refractivity contribution in [3.05, 3.63) is 107 Å². The lowest BCUT2D eigenvalue weighted by molar-refractivity contribution is -0.146. The van der Waals surface area contributed by atoms with Crippen LogP contribution >= 0.6 is 0 Å². The highest BCUT2D eigenvalue weighted by molar-refractivity contribution is 5.96. The summed E-state index contributed by atoms with van der Waals surface area (Å²) in [5.41, 5.74) is 25.2. The first-order chi connectivity index (χ1) is 21.0.